The van der Waals surface area contributed by atoms with Crippen LogP contribution in [0.1, 0.15) is 19.3 Å². The molecule has 7 nitrogen and oxygen atoms in total. The van der Waals surface area contributed by atoms with Gasteiger partial charge in [0.15, 0.2) is 5.79 Å². The Morgan fingerprint density at radius 1 is 0.767 bits per heavy atom. The zero-order valence-corrected chi connectivity index (χ0v) is 18.3. The van der Waals surface area contributed by atoms with Crippen LogP contribution in [-0.2, 0) is 4.74 Å². The fourth-order valence-electron chi connectivity index (χ4n) is 6.00. The molecule has 0 amide bonds. The summed E-state index contributed by atoms with van der Waals surface area (Å²) in [6.07, 6.45) is 4.22. The number of morpholine rings is 1. The van der Waals surface area contributed by atoms with E-state index in [4.69, 9.17) is 4.74 Å². The van der Waals surface area contributed by atoms with E-state index in [1.807, 2.05) is 0 Å². The number of nitrogens with zero attached hydrogens (tertiary/aromatic N) is 4. The quantitative estimate of drug-likeness (QED) is 0.756. The van der Waals surface area contributed by atoms with Crippen LogP contribution in [0.5, 0.6) is 0 Å². The molecule has 0 saturated carbocycles. The number of hydrogen-bond acceptors (Lipinski definition) is 7. The number of likely N-dealkylation sites (tertiary alicyclic amines) is 1. The highest BCUT2D eigenvalue weighted by atomic mass is 16.5. The van der Waals surface area contributed by atoms with Crippen LogP contribution in [-0.4, -0.2) is 105 Å². The van der Waals surface area contributed by atoms with Gasteiger partial charge < -0.3 is 15.0 Å². The average Bonchev–Trinajstić information content (AvgIpc) is 2.85. The normalized spacial score (nSPS) is 32.9. The molecule has 1 aromatic rings. The Bertz CT molecular complexity index is 637. The highest BCUT2D eigenvalue weighted by Crippen LogP contribution is 2.39. The molecular formula is C23H38N6O. The van der Waals surface area contributed by atoms with Crippen LogP contribution >= 0.6 is 0 Å². The van der Waals surface area contributed by atoms with E-state index in [0.717, 1.165) is 65.6 Å². The summed E-state index contributed by atoms with van der Waals surface area (Å²) < 4.78 is 5.74. The lowest BCUT2D eigenvalue weighted by atomic mass is 9.98. The largest absolute Gasteiger partial charge is 0.379 e. The molecule has 0 aliphatic carbocycles. The molecule has 2 N–H and O–H groups in total. The van der Waals surface area contributed by atoms with Gasteiger partial charge in [-0.2, -0.15) is 0 Å². The van der Waals surface area contributed by atoms with Crippen molar-refractivity contribution >= 4 is 5.69 Å². The molecule has 0 radical (unpaired) electrons. The maximum atomic E-state index is 5.74. The van der Waals surface area contributed by atoms with Gasteiger partial charge in [0.05, 0.1) is 13.2 Å². The van der Waals surface area contributed by atoms with Crippen molar-refractivity contribution in [2.45, 2.75) is 31.2 Å². The van der Waals surface area contributed by atoms with Crippen LogP contribution < -0.4 is 15.5 Å². The number of benzene rings is 1. The smallest absolute Gasteiger partial charge is 0.181 e. The standard InChI is InChI=1S/C23H38N6O/c1-3-7-21(8-4-1)29-16-11-25-22(26-17-19-30-20-18-26)23(29,27-12-5-2-6-13-27)28-14-9-24-10-15-28/h1,3-4,7-8,22,24-25H,2,5-6,9-20H2. The van der Waals surface area contributed by atoms with Gasteiger partial charge in [-0.3, -0.25) is 20.0 Å². The van der Waals surface area contributed by atoms with Crippen LogP contribution in [0.3, 0.4) is 0 Å². The Hall–Kier alpha value is -1.22. The second-order valence-electron chi connectivity index (χ2n) is 8.96. The first-order valence-corrected chi connectivity index (χ1v) is 12.0. The van der Waals surface area contributed by atoms with E-state index in [2.05, 4.69) is 60.6 Å². The van der Waals surface area contributed by atoms with Gasteiger partial charge in [0, 0.05) is 71.1 Å². The Balaban J connectivity index is 1.62. The molecule has 4 aliphatic rings. The molecule has 2 atom stereocenters. The van der Waals surface area contributed by atoms with E-state index in [1.54, 1.807) is 0 Å². The van der Waals surface area contributed by atoms with E-state index in [1.165, 1.54) is 38.0 Å². The van der Waals surface area contributed by atoms with Gasteiger partial charge in [-0.25, -0.2) is 0 Å². The number of rotatable bonds is 4. The van der Waals surface area contributed by atoms with E-state index in [9.17, 15) is 0 Å². The molecule has 0 spiro atoms. The van der Waals surface area contributed by atoms with E-state index in [0.29, 0.717) is 0 Å². The molecular weight excluding hydrogens is 376 g/mol. The van der Waals surface area contributed by atoms with Crippen molar-refractivity contribution in [2.75, 3.05) is 83.6 Å². The van der Waals surface area contributed by atoms with Gasteiger partial charge in [0.25, 0.3) is 0 Å². The molecule has 4 saturated heterocycles. The lowest BCUT2D eigenvalue weighted by Gasteiger charge is -2.65. The number of ether oxygens (including phenoxy) is 1. The first kappa shape index (κ1) is 20.7. The lowest BCUT2D eigenvalue weighted by Crippen LogP contribution is -2.86. The summed E-state index contributed by atoms with van der Waals surface area (Å²) in [5, 5.41) is 7.59. The molecule has 1 aromatic carbocycles. The van der Waals surface area contributed by atoms with Crippen LogP contribution in [0.15, 0.2) is 30.3 Å². The highest BCUT2D eigenvalue weighted by Gasteiger charge is 2.57. The number of para-hydroxylation sites is 1. The minimum Gasteiger partial charge on any atom is -0.379 e. The maximum Gasteiger partial charge on any atom is 0.181 e. The minimum absolute atomic E-state index is 0.167. The molecule has 0 bridgehead atoms. The van der Waals surface area contributed by atoms with Crippen molar-refractivity contribution in [1.82, 2.24) is 25.3 Å². The van der Waals surface area contributed by atoms with Gasteiger partial charge >= 0.3 is 0 Å². The zero-order chi connectivity index (χ0) is 20.2. The van der Waals surface area contributed by atoms with Crippen molar-refractivity contribution in [1.29, 1.82) is 0 Å². The van der Waals surface area contributed by atoms with Crippen molar-refractivity contribution in [2.24, 2.45) is 0 Å². The van der Waals surface area contributed by atoms with Crippen LogP contribution in [0.4, 0.5) is 5.69 Å². The fraction of sp³-hybridized carbons (Fsp3) is 0.739. The van der Waals surface area contributed by atoms with E-state index in [-0.39, 0.29) is 12.0 Å². The molecule has 30 heavy (non-hydrogen) atoms. The first-order chi connectivity index (χ1) is 14.9. The van der Waals surface area contributed by atoms with Crippen molar-refractivity contribution in [3.63, 3.8) is 0 Å². The molecule has 166 valence electrons. The summed E-state index contributed by atoms with van der Waals surface area (Å²) in [6.45, 7) is 12.4. The summed E-state index contributed by atoms with van der Waals surface area (Å²) in [6, 6.07) is 11.1. The average molecular weight is 415 g/mol. The van der Waals surface area contributed by atoms with Gasteiger partial charge in [0.1, 0.15) is 6.17 Å². The first-order valence-electron chi connectivity index (χ1n) is 12.0. The molecule has 5 rings (SSSR count). The van der Waals surface area contributed by atoms with Gasteiger partial charge in [0.2, 0.25) is 0 Å². The van der Waals surface area contributed by atoms with E-state index >= 15 is 0 Å². The molecule has 4 aliphatic heterocycles. The topological polar surface area (TPSA) is 46.2 Å². The second kappa shape index (κ2) is 9.51. The Kier molecular flexibility index (Phi) is 6.55. The van der Waals surface area contributed by atoms with Crippen molar-refractivity contribution < 1.29 is 4.74 Å². The summed E-state index contributed by atoms with van der Waals surface area (Å²) in [4.78, 5) is 11.0. The minimum atomic E-state index is -0.167. The number of nitrogens with one attached hydrogen (secondary N) is 2. The van der Waals surface area contributed by atoms with Gasteiger partial charge in [-0.05, 0) is 25.0 Å². The molecule has 0 aromatic heterocycles. The van der Waals surface area contributed by atoms with Gasteiger partial charge in [-0.1, -0.05) is 24.6 Å². The highest BCUT2D eigenvalue weighted by molar-refractivity contribution is 5.50. The van der Waals surface area contributed by atoms with Gasteiger partial charge in [-0.15, -0.1) is 0 Å². The summed E-state index contributed by atoms with van der Waals surface area (Å²) >= 11 is 0. The van der Waals surface area contributed by atoms with E-state index < -0.39 is 0 Å². The Morgan fingerprint density at radius 3 is 2.20 bits per heavy atom. The zero-order valence-electron chi connectivity index (χ0n) is 18.3. The molecule has 4 fully saturated rings. The Morgan fingerprint density at radius 2 is 1.47 bits per heavy atom. The number of anilines is 1. The van der Waals surface area contributed by atoms with Crippen LogP contribution in [0, 0.1) is 0 Å². The number of hydrogen-bond donors (Lipinski definition) is 2. The lowest BCUT2D eigenvalue weighted by molar-refractivity contribution is -0.156. The molecule has 4 heterocycles. The predicted octanol–water partition coefficient (Wildman–Crippen LogP) is 0.799. The van der Waals surface area contributed by atoms with Crippen molar-refractivity contribution in [3.8, 4) is 0 Å². The predicted molar refractivity (Wildman–Crippen MR) is 121 cm³/mol. The number of piperazine rings is 2. The van der Waals surface area contributed by atoms with Crippen molar-refractivity contribution in [3.05, 3.63) is 30.3 Å². The monoisotopic (exact) mass is 414 g/mol. The maximum absolute atomic E-state index is 5.74. The van der Waals surface area contributed by atoms with Crippen LogP contribution in [0.2, 0.25) is 0 Å². The number of piperidine rings is 1. The fourth-order valence-corrected chi connectivity index (χ4v) is 6.00. The van der Waals surface area contributed by atoms with Crippen LogP contribution in [0.25, 0.3) is 0 Å². The third-order valence-corrected chi connectivity index (χ3v) is 7.32. The summed E-state index contributed by atoms with van der Waals surface area (Å²) in [5.74, 6) is -0.167. The summed E-state index contributed by atoms with van der Waals surface area (Å²) in [7, 11) is 0. The Labute approximate surface area is 181 Å². The molecule has 2 unspecified atom stereocenters. The third-order valence-electron chi connectivity index (χ3n) is 7.32. The summed E-state index contributed by atoms with van der Waals surface area (Å²) in [5.41, 5.74) is 1.35. The molecule has 7 heteroatoms. The second-order valence-corrected chi connectivity index (χ2v) is 8.96. The SMILES string of the molecule is c1ccc(N2CCNC(N3CCOCC3)C2(N2CCCCC2)N2CCNCC2)cc1. The third kappa shape index (κ3) is 3.76.